The Morgan fingerprint density at radius 1 is 0.900 bits per heavy atom. The first kappa shape index (κ1) is 26.4. The van der Waals surface area contributed by atoms with Crippen LogP contribution in [0, 0.1) is 6.92 Å². The van der Waals surface area contributed by atoms with E-state index in [1.54, 1.807) is 12.3 Å². The number of anilines is 1. The molecule has 6 rings (SSSR count). The Balaban J connectivity index is 1.52. The van der Waals surface area contributed by atoms with E-state index in [0.29, 0.717) is 11.3 Å². The van der Waals surface area contributed by atoms with Crippen LogP contribution in [0.5, 0.6) is 11.5 Å². The molecule has 6 nitrogen and oxygen atoms in total. The van der Waals surface area contributed by atoms with Crippen LogP contribution in [0.15, 0.2) is 54.7 Å². The van der Waals surface area contributed by atoms with Crippen LogP contribution in [0.25, 0.3) is 10.9 Å². The summed E-state index contributed by atoms with van der Waals surface area (Å²) in [6.45, 7) is 11.4. The molecule has 6 heteroatoms. The topological polar surface area (TPSA) is 59.9 Å². The summed E-state index contributed by atoms with van der Waals surface area (Å²) in [5, 5.41) is 1.08. The van der Waals surface area contributed by atoms with Crippen LogP contribution in [0.1, 0.15) is 92.2 Å². The Kier molecular flexibility index (Phi) is 7.03. The molecule has 0 saturated carbocycles. The summed E-state index contributed by atoms with van der Waals surface area (Å²) in [7, 11) is 0. The Morgan fingerprint density at radius 3 is 2.48 bits per heavy atom. The van der Waals surface area contributed by atoms with Crippen molar-refractivity contribution in [2.24, 2.45) is 0 Å². The summed E-state index contributed by atoms with van der Waals surface area (Å²) in [6.07, 6.45) is 9.19. The molecule has 0 saturated heterocycles. The van der Waals surface area contributed by atoms with Crippen LogP contribution in [0.2, 0.25) is 0 Å². The maximum absolute atomic E-state index is 13.5. The summed E-state index contributed by atoms with van der Waals surface area (Å²) in [5.41, 5.74) is 5.12. The lowest BCUT2D eigenvalue weighted by Gasteiger charge is -2.29. The molecule has 1 atom stereocenters. The average molecular weight is 538 g/mol. The molecule has 4 aromatic rings. The number of hydrogen-bond donors (Lipinski definition) is 0. The van der Waals surface area contributed by atoms with Gasteiger partial charge >= 0.3 is 5.97 Å². The van der Waals surface area contributed by atoms with Gasteiger partial charge in [-0.05, 0) is 57.5 Å². The fourth-order valence-electron chi connectivity index (χ4n) is 6.62. The fourth-order valence-corrected chi connectivity index (χ4v) is 6.62. The molecule has 2 aliphatic heterocycles. The van der Waals surface area contributed by atoms with Gasteiger partial charge in [0.2, 0.25) is 5.60 Å². The minimum atomic E-state index is -1.19. The predicted octanol–water partition coefficient (Wildman–Crippen LogP) is 8.12. The molecule has 0 fully saturated rings. The fraction of sp³-hybridized carbons (Fsp3) is 0.412. The van der Waals surface area contributed by atoms with Gasteiger partial charge in [-0.2, -0.15) is 0 Å². The zero-order valence-corrected chi connectivity index (χ0v) is 24.1. The van der Waals surface area contributed by atoms with Crippen molar-refractivity contribution in [3.05, 3.63) is 82.8 Å². The average Bonchev–Trinajstić information content (AvgIpc) is 3.66. The maximum Gasteiger partial charge on any atom is 0.341 e. The van der Waals surface area contributed by atoms with Crippen molar-refractivity contribution in [1.82, 2.24) is 9.55 Å². The largest absolute Gasteiger partial charge is 0.447 e. The van der Waals surface area contributed by atoms with Crippen LogP contribution in [-0.2, 0) is 16.9 Å². The number of cyclic esters (lactones) is 1. The Morgan fingerprint density at radius 2 is 1.68 bits per heavy atom. The number of esters is 1. The molecule has 0 radical (unpaired) electrons. The van der Waals surface area contributed by atoms with Crippen LogP contribution in [0.3, 0.4) is 0 Å². The van der Waals surface area contributed by atoms with Gasteiger partial charge in [-0.25, -0.2) is 4.79 Å². The molecule has 0 aliphatic carbocycles. The molecule has 0 spiro atoms. The van der Waals surface area contributed by atoms with Crippen molar-refractivity contribution in [3.63, 3.8) is 0 Å². The molecule has 208 valence electrons. The molecule has 2 aromatic heterocycles. The third kappa shape index (κ3) is 4.07. The van der Waals surface area contributed by atoms with Crippen LogP contribution >= 0.6 is 0 Å². The zero-order valence-electron chi connectivity index (χ0n) is 24.1. The van der Waals surface area contributed by atoms with Crippen LogP contribution in [-0.4, -0.2) is 28.6 Å². The zero-order chi connectivity index (χ0) is 27.9. The highest BCUT2D eigenvalue weighted by molar-refractivity contribution is 5.99. The molecule has 2 aromatic carbocycles. The number of carbonyl (C=O) groups is 1. The molecule has 1 unspecified atom stereocenters. The summed E-state index contributed by atoms with van der Waals surface area (Å²) in [6, 6.07) is 16.3. The second-order valence-electron chi connectivity index (χ2n) is 10.9. The first-order chi connectivity index (χ1) is 19.6. The number of hydrogen-bond acceptors (Lipinski definition) is 5. The second kappa shape index (κ2) is 10.6. The highest BCUT2D eigenvalue weighted by atomic mass is 16.6. The van der Waals surface area contributed by atoms with E-state index in [1.165, 1.54) is 32.1 Å². The van der Waals surface area contributed by atoms with Gasteiger partial charge in [0.05, 0.1) is 16.8 Å². The van der Waals surface area contributed by atoms with Crippen LogP contribution in [0.4, 0.5) is 5.69 Å². The second-order valence-corrected chi connectivity index (χ2v) is 10.9. The van der Waals surface area contributed by atoms with E-state index < -0.39 is 5.60 Å². The molecule has 0 amide bonds. The first-order valence-electron chi connectivity index (χ1n) is 14.9. The predicted molar refractivity (Wildman–Crippen MR) is 160 cm³/mol. The number of unbranched alkanes of at least 4 members (excludes halogenated alkanes) is 5. The number of para-hydroxylation sites is 1. The standard InChI is InChI=1S/C34H39N3O3/c1-5-8-9-10-11-14-22-37-23(4)29(24-16-12-13-18-27(24)37)34(32-25(33(38)40-34)17-15-21-35-32)26-19-20-28(31-30(26)39-31)36(6-2)7-3/h12-13,15-21H,5-11,14,22H2,1-4H3. The molecule has 40 heavy (non-hydrogen) atoms. The monoisotopic (exact) mass is 537 g/mol. The van der Waals surface area contributed by atoms with Crippen molar-refractivity contribution in [2.75, 3.05) is 18.0 Å². The third-order valence-electron chi connectivity index (χ3n) is 8.66. The Bertz CT molecular complexity index is 1570. The third-order valence-corrected chi connectivity index (χ3v) is 8.66. The first-order valence-corrected chi connectivity index (χ1v) is 14.9. The molecule has 0 N–H and O–H groups in total. The van der Waals surface area contributed by atoms with Crippen molar-refractivity contribution in [2.45, 2.75) is 78.4 Å². The lowest BCUT2D eigenvalue weighted by Crippen LogP contribution is -2.31. The van der Waals surface area contributed by atoms with E-state index in [0.717, 1.165) is 71.0 Å². The van der Waals surface area contributed by atoms with Gasteiger partial charge < -0.3 is 18.9 Å². The summed E-state index contributed by atoms with van der Waals surface area (Å²) in [5.74, 6) is 1.31. The lowest BCUT2D eigenvalue weighted by molar-refractivity contribution is 0.0245. The van der Waals surface area contributed by atoms with E-state index in [4.69, 9.17) is 14.5 Å². The van der Waals surface area contributed by atoms with Crippen molar-refractivity contribution in [1.29, 1.82) is 0 Å². The Labute approximate surface area is 236 Å². The van der Waals surface area contributed by atoms with Gasteiger partial charge in [-0.1, -0.05) is 57.2 Å². The van der Waals surface area contributed by atoms with E-state index >= 15 is 0 Å². The quantitative estimate of drug-likeness (QED) is 0.0914. The number of fused-ring (bicyclic) bond motifs is 3. The summed E-state index contributed by atoms with van der Waals surface area (Å²) in [4.78, 5) is 20.6. The van der Waals surface area contributed by atoms with Gasteiger partial charge in [0.15, 0.2) is 11.5 Å². The molecule has 2 aliphatic rings. The number of aryl methyl sites for hydroxylation is 1. The van der Waals surface area contributed by atoms with Gasteiger partial charge in [0.1, 0.15) is 5.69 Å². The van der Waals surface area contributed by atoms with Gasteiger partial charge in [0.25, 0.3) is 0 Å². The number of aromatic nitrogens is 2. The Hall–Kier alpha value is -3.80. The number of rotatable bonds is 12. The molecule has 4 heterocycles. The number of nitrogens with zero attached hydrogens (tertiary/aromatic N) is 3. The maximum atomic E-state index is 13.5. The number of carbonyl (C=O) groups excluding carboxylic acids is 1. The van der Waals surface area contributed by atoms with Crippen molar-refractivity contribution in [3.8, 4) is 11.5 Å². The highest BCUT2D eigenvalue weighted by Crippen LogP contribution is 2.62. The van der Waals surface area contributed by atoms with Crippen LogP contribution < -0.4 is 9.64 Å². The number of benzene rings is 2. The summed E-state index contributed by atoms with van der Waals surface area (Å²) < 4.78 is 15.1. The van der Waals surface area contributed by atoms with E-state index in [9.17, 15) is 4.79 Å². The molecule has 0 bridgehead atoms. The number of ether oxygens (including phenoxy) is 2. The van der Waals surface area contributed by atoms with Crippen molar-refractivity contribution < 1.29 is 14.3 Å². The van der Waals surface area contributed by atoms with Gasteiger partial charge in [-0.15, -0.1) is 0 Å². The minimum absolute atomic E-state index is 0.350. The minimum Gasteiger partial charge on any atom is -0.447 e. The summed E-state index contributed by atoms with van der Waals surface area (Å²) >= 11 is 0. The van der Waals surface area contributed by atoms with E-state index in [-0.39, 0.29) is 5.97 Å². The number of pyridine rings is 1. The molecular formula is C34H39N3O3. The van der Waals surface area contributed by atoms with Crippen molar-refractivity contribution >= 4 is 22.6 Å². The molecular weight excluding hydrogens is 498 g/mol. The van der Waals surface area contributed by atoms with E-state index in [2.05, 4.69) is 73.6 Å². The van der Waals surface area contributed by atoms with Gasteiger partial charge in [-0.3, -0.25) is 4.98 Å². The highest BCUT2D eigenvalue weighted by Gasteiger charge is 2.56. The smallest absolute Gasteiger partial charge is 0.341 e. The lowest BCUT2D eigenvalue weighted by atomic mass is 9.81. The van der Waals surface area contributed by atoms with E-state index in [1.807, 2.05) is 6.07 Å². The normalized spacial score (nSPS) is 16.9. The van der Waals surface area contributed by atoms with Gasteiger partial charge in [0, 0.05) is 48.0 Å². The SMILES string of the molecule is CCCCCCCCn1c(C)c(C2(c3ccc(N(CC)CC)c4c3O4)OC(=O)c3cccnc32)c2ccccc21.